The van der Waals surface area contributed by atoms with Gasteiger partial charge in [0.05, 0.1) is 16.8 Å². The molecule has 2 aromatic carbocycles. The standard InChI is InChI=1S/C22H18BrF3N4O2S/c1-27-11-14-13-30(33(31,32)17-3-2-8-28-12-17)21-10-16(5-6-18(14)21)29-20-7-4-15(23)9-19(20)22(24,25)26/h2-10,12-13,27,29H,11H2,1H3. The number of nitrogens with zero attached hydrogens (tertiary/aromatic N) is 2. The third-order valence-electron chi connectivity index (χ3n) is 4.98. The van der Waals surface area contributed by atoms with Crippen LogP contribution >= 0.6 is 15.9 Å². The fourth-order valence-electron chi connectivity index (χ4n) is 3.50. The minimum Gasteiger partial charge on any atom is -0.355 e. The maximum atomic E-state index is 13.5. The molecule has 0 atom stereocenters. The Labute approximate surface area is 196 Å². The van der Waals surface area contributed by atoms with Gasteiger partial charge in [0.25, 0.3) is 10.0 Å². The summed E-state index contributed by atoms with van der Waals surface area (Å²) in [6, 6.07) is 11.6. The Bertz CT molecular complexity index is 1420. The number of aromatic nitrogens is 2. The first-order chi connectivity index (χ1) is 15.6. The van der Waals surface area contributed by atoms with Crippen LogP contribution in [0, 0.1) is 0 Å². The number of rotatable bonds is 6. The Balaban J connectivity index is 1.85. The molecule has 0 aliphatic heterocycles. The summed E-state index contributed by atoms with van der Waals surface area (Å²) >= 11 is 3.07. The summed E-state index contributed by atoms with van der Waals surface area (Å²) in [5.41, 5.74) is 0.387. The highest BCUT2D eigenvalue weighted by atomic mass is 79.9. The molecule has 0 spiro atoms. The zero-order valence-electron chi connectivity index (χ0n) is 17.2. The van der Waals surface area contributed by atoms with Crippen molar-refractivity contribution < 1.29 is 21.6 Å². The molecule has 172 valence electrons. The van der Waals surface area contributed by atoms with Crippen LogP contribution in [0.25, 0.3) is 10.9 Å². The Morgan fingerprint density at radius 3 is 2.58 bits per heavy atom. The van der Waals surface area contributed by atoms with Crippen LogP contribution in [-0.4, -0.2) is 24.4 Å². The molecule has 0 saturated heterocycles. The fourth-order valence-corrected chi connectivity index (χ4v) is 5.21. The van der Waals surface area contributed by atoms with Gasteiger partial charge in [0.2, 0.25) is 0 Å². The van der Waals surface area contributed by atoms with E-state index in [4.69, 9.17) is 0 Å². The second-order valence-corrected chi connectivity index (χ2v) is 9.95. The lowest BCUT2D eigenvalue weighted by atomic mass is 10.1. The highest BCUT2D eigenvalue weighted by Gasteiger charge is 2.34. The van der Waals surface area contributed by atoms with Crippen molar-refractivity contribution in [1.29, 1.82) is 0 Å². The molecule has 0 aliphatic rings. The van der Waals surface area contributed by atoms with Crippen LogP contribution in [0.3, 0.4) is 0 Å². The van der Waals surface area contributed by atoms with Crippen molar-refractivity contribution in [3.8, 4) is 0 Å². The smallest absolute Gasteiger partial charge is 0.355 e. The number of benzene rings is 2. The van der Waals surface area contributed by atoms with Gasteiger partial charge < -0.3 is 10.6 Å². The molecule has 2 N–H and O–H groups in total. The summed E-state index contributed by atoms with van der Waals surface area (Å²) in [4.78, 5) is 3.89. The van der Waals surface area contributed by atoms with Crippen LogP contribution in [0.4, 0.5) is 24.5 Å². The second kappa shape index (κ2) is 8.81. The van der Waals surface area contributed by atoms with E-state index in [1.54, 1.807) is 19.2 Å². The lowest BCUT2D eigenvalue weighted by Gasteiger charge is -2.15. The maximum Gasteiger partial charge on any atom is 0.418 e. The van der Waals surface area contributed by atoms with Crippen molar-refractivity contribution in [2.24, 2.45) is 0 Å². The van der Waals surface area contributed by atoms with E-state index in [9.17, 15) is 21.6 Å². The van der Waals surface area contributed by atoms with E-state index in [-0.39, 0.29) is 10.6 Å². The Kier molecular flexibility index (Phi) is 6.21. The summed E-state index contributed by atoms with van der Waals surface area (Å²) in [6.45, 7) is 0.407. The molecule has 0 unspecified atom stereocenters. The summed E-state index contributed by atoms with van der Waals surface area (Å²) in [5.74, 6) is 0. The van der Waals surface area contributed by atoms with Crippen molar-refractivity contribution in [2.75, 3.05) is 12.4 Å². The van der Waals surface area contributed by atoms with Crippen LogP contribution in [-0.2, 0) is 22.7 Å². The van der Waals surface area contributed by atoms with Crippen LogP contribution < -0.4 is 10.6 Å². The van der Waals surface area contributed by atoms with Crippen LogP contribution in [0.2, 0.25) is 0 Å². The van der Waals surface area contributed by atoms with Crippen molar-refractivity contribution >= 4 is 48.2 Å². The molecule has 0 amide bonds. The quantitative estimate of drug-likeness (QED) is 0.338. The van der Waals surface area contributed by atoms with Gasteiger partial charge in [-0.15, -0.1) is 0 Å². The highest BCUT2D eigenvalue weighted by Crippen LogP contribution is 2.38. The van der Waals surface area contributed by atoms with Gasteiger partial charge in [-0.2, -0.15) is 13.2 Å². The van der Waals surface area contributed by atoms with E-state index >= 15 is 0 Å². The predicted molar refractivity (Wildman–Crippen MR) is 124 cm³/mol. The number of nitrogens with one attached hydrogen (secondary N) is 2. The molecule has 6 nitrogen and oxygen atoms in total. The third-order valence-corrected chi connectivity index (χ3v) is 7.13. The molecule has 2 heterocycles. The van der Waals surface area contributed by atoms with Gasteiger partial charge in [-0.3, -0.25) is 4.98 Å². The lowest BCUT2D eigenvalue weighted by molar-refractivity contribution is -0.137. The zero-order chi connectivity index (χ0) is 23.8. The minimum absolute atomic E-state index is 0.00328. The SMILES string of the molecule is CNCc1cn(S(=O)(=O)c2cccnc2)c2cc(Nc3ccc(Br)cc3C(F)(F)F)ccc12. The number of fused-ring (bicyclic) bond motifs is 1. The number of halogens is 4. The number of pyridine rings is 1. The normalized spacial score (nSPS) is 12.3. The molecule has 2 aromatic heterocycles. The van der Waals surface area contributed by atoms with Crippen molar-refractivity contribution in [3.63, 3.8) is 0 Å². The Morgan fingerprint density at radius 1 is 1.12 bits per heavy atom. The van der Waals surface area contributed by atoms with E-state index < -0.39 is 21.8 Å². The van der Waals surface area contributed by atoms with Gasteiger partial charge in [-0.25, -0.2) is 12.4 Å². The average Bonchev–Trinajstić information content (AvgIpc) is 3.14. The molecule has 0 fully saturated rings. The molecule has 0 aliphatic carbocycles. The van der Waals surface area contributed by atoms with E-state index in [2.05, 4.69) is 31.5 Å². The number of alkyl halides is 3. The Hall–Kier alpha value is -2.89. The lowest BCUT2D eigenvalue weighted by Crippen LogP contribution is -2.12. The molecule has 0 radical (unpaired) electrons. The van der Waals surface area contributed by atoms with Gasteiger partial charge in [0, 0.05) is 40.7 Å². The summed E-state index contributed by atoms with van der Waals surface area (Å²) in [7, 11) is -2.24. The topological polar surface area (TPSA) is 76.0 Å². The molecule has 11 heteroatoms. The van der Waals surface area contributed by atoms with Gasteiger partial charge in [0.15, 0.2) is 0 Å². The van der Waals surface area contributed by atoms with Gasteiger partial charge in [0.1, 0.15) is 4.90 Å². The third kappa shape index (κ3) is 4.61. The summed E-state index contributed by atoms with van der Waals surface area (Å²) in [5, 5.41) is 6.44. The highest BCUT2D eigenvalue weighted by molar-refractivity contribution is 9.10. The molecule has 0 bridgehead atoms. The molecule has 0 saturated carbocycles. The molecular formula is C22H18BrF3N4O2S. The second-order valence-electron chi connectivity index (χ2n) is 7.22. The number of hydrogen-bond acceptors (Lipinski definition) is 5. The van der Waals surface area contributed by atoms with Gasteiger partial charge in [-0.05, 0) is 55.1 Å². The first-order valence-electron chi connectivity index (χ1n) is 9.69. The minimum atomic E-state index is -4.57. The van der Waals surface area contributed by atoms with Crippen molar-refractivity contribution in [2.45, 2.75) is 17.6 Å². The van der Waals surface area contributed by atoms with E-state index in [1.807, 2.05) is 0 Å². The fraction of sp³-hybridized carbons (Fsp3) is 0.136. The first-order valence-corrected chi connectivity index (χ1v) is 11.9. The van der Waals surface area contributed by atoms with Gasteiger partial charge >= 0.3 is 6.18 Å². The summed E-state index contributed by atoms with van der Waals surface area (Å²) in [6.07, 6.45) is -0.343. The number of anilines is 2. The van der Waals surface area contributed by atoms with Crippen LogP contribution in [0.5, 0.6) is 0 Å². The predicted octanol–water partition coefficient (Wildman–Crippen LogP) is 5.52. The van der Waals surface area contributed by atoms with Gasteiger partial charge in [-0.1, -0.05) is 22.0 Å². The van der Waals surface area contributed by atoms with E-state index in [0.717, 1.165) is 15.6 Å². The number of hydrogen-bond donors (Lipinski definition) is 2. The first kappa shape index (κ1) is 23.3. The monoisotopic (exact) mass is 538 g/mol. The molecule has 33 heavy (non-hydrogen) atoms. The molecule has 4 rings (SSSR count). The molecular weight excluding hydrogens is 521 g/mol. The Morgan fingerprint density at radius 2 is 1.91 bits per heavy atom. The van der Waals surface area contributed by atoms with Crippen LogP contribution in [0.1, 0.15) is 11.1 Å². The van der Waals surface area contributed by atoms with E-state index in [1.165, 1.54) is 48.9 Å². The molecule has 4 aromatic rings. The van der Waals surface area contributed by atoms with Crippen molar-refractivity contribution in [3.05, 3.63) is 82.7 Å². The largest absolute Gasteiger partial charge is 0.418 e. The van der Waals surface area contributed by atoms with Crippen LogP contribution in [0.15, 0.2) is 76.5 Å². The summed E-state index contributed by atoms with van der Waals surface area (Å²) < 4.78 is 68.6. The maximum absolute atomic E-state index is 13.5. The van der Waals surface area contributed by atoms with E-state index in [0.29, 0.717) is 27.6 Å². The average molecular weight is 539 g/mol. The zero-order valence-corrected chi connectivity index (χ0v) is 19.6. The van der Waals surface area contributed by atoms with Crippen molar-refractivity contribution in [1.82, 2.24) is 14.3 Å².